The minimum atomic E-state index is -4.32. The average Bonchev–Trinajstić information content (AvgIpc) is 2.27. The number of hydrogen-bond donors (Lipinski definition) is 1. The molecule has 7 heteroatoms. The van der Waals surface area contributed by atoms with Gasteiger partial charge < -0.3 is 14.6 Å². The summed E-state index contributed by atoms with van der Waals surface area (Å²) in [4.78, 5) is 10.7. The molecule has 0 aliphatic heterocycles. The molecule has 0 heterocycles. The van der Waals surface area contributed by atoms with E-state index in [1.165, 1.54) is 19.2 Å². The third-order valence-electron chi connectivity index (χ3n) is 2.05. The van der Waals surface area contributed by atoms with Gasteiger partial charge >= 0.3 is 12.1 Å². The van der Waals surface area contributed by atoms with E-state index in [0.717, 1.165) is 6.07 Å². The largest absolute Gasteiger partial charge is 0.493 e. The van der Waals surface area contributed by atoms with E-state index in [9.17, 15) is 18.0 Å². The first-order valence-corrected chi connectivity index (χ1v) is 4.94. The van der Waals surface area contributed by atoms with Crippen LogP contribution < -0.4 is 9.47 Å². The Kier molecular flexibility index (Phi) is 4.41. The maximum Gasteiger partial charge on any atom is 0.392 e. The van der Waals surface area contributed by atoms with E-state index in [4.69, 9.17) is 14.6 Å². The number of methoxy groups -OCH3 is 1. The molecule has 0 radical (unpaired) electrons. The van der Waals surface area contributed by atoms with Crippen LogP contribution in [0.5, 0.6) is 11.5 Å². The number of ether oxygens (including phenoxy) is 2. The molecule has 0 aromatic heterocycles. The second kappa shape index (κ2) is 5.61. The van der Waals surface area contributed by atoms with E-state index >= 15 is 0 Å². The van der Waals surface area contributed by atoms with Gasteiger partial charge in [-0.1, -0.05) is 0 Å². The van der Waals surface area contributed by atoms with Gasteiger partial charge in [0.05, 0.1) is 25.7 Å². The SMILES string of the molecule is COc1ccc(C(=O)O)cc1OCCC(F)(F)F. The second-order valence-electron chi connectivity index (χ2n) is 3.38. The molecule has 1 aromatic carbocycles. The number of benzene rings is 1. The summed E-state index contributed by atoms with van der Waals surface area (Å²) >= 11 is 0. The first-order valence-electron chi connectivity index (χ1n) is 4.94. The molecule has 1 rings (SSSR count). The fourth-order valence-electron chi connectivity index (χ4n) is 1.20. The van der Waals surface area contributed by atoms with Crippen molar-refractivity contribution in [1.82, 2.24) is 0 Å². The first kappa shape index (κ1) is 14.1. The molecule has 1 N–H and O–H groups in total. The predicted molar refractivity (Wildman–Crippen MR) is 56.1 cm³/mol. The van der Waals surface area contributed by atoms with Gasteiger partial charge in [0.1, 0.15) is 0 Å². The van der Waals surface area contributed by atoms with Crippen LogP contribution in [-0.4, -0.2) is 31.0 Å². The summed E-state index contributed by atoms with van der Waals surface area (Å²) < 4.78 is 45.6. The van der Waals surface area contributed by atoms with E-state index in [0.29, 0.717) is 0 Å². The molecule has 18 heavy (non-hydrogen) atoms. The van der Waals surface area contributed by atoms with Crippen molar-refractivity contribution in [3.8, 4) is 11.5 Å². The zero-order chi connectivity index (χ0) is 13.8. The molecule has 1 aromatic rings. The Labute approximate surface area is 101 Å². The van der Waals surface area contributed by atoms with Crippen LogP contribution in [0.25, 0.3) is 0 Å². The van der Waals surface area contributed by atoms with Crippen LogP contribution in [0.1, 0.15) is 16.8 Å². The highest BCUT2D eigenvalue weighted by atomic mass is 19.4. The molecule has 0 unspecified atom stereocenters. The minimum Gasteiger partial charge on any atom is -0.493 e. The zero-order valence-electron chi connectivity index (χ0n) is 9.45. The Balaban J connectivity index is 2.78. The van der Waals surface area contributed by atoms with Crippen LogP contribution in [0.2, 0.25) is 0 Å². The van der Waals surface area contributed by atoms with Gasteiger partial charge in [0.2, 0.25) is 0 Å². The predicted octanol–water partition coefficient (Wildman–Crippen LogP) is 2.72. The summed E-state index contributed by atoms with van der Waals surface area (Å²) in [6.07, 6.45) is -5.44. The molecule has 0 saturated carbocycles. The number of carboxylic acid groups (broad SMARTS) is 1. The lowest BCUT2D eigenvalue weighted by Crippen LogP contribution is -2.13. The molecule has 0 saturated heterocycles. The number of carbonyl (C=O) groups is 1. The highest BCUT2D eigenvalue weighted by Crippen LogP contribution is 2.29. The Morgan fingerprint density at radius 1 is 1.33 bits per heavy atom. The van der Waals surface area contributed by atoms with Gasteiger partial charge in [0.15, 0.2) is 11.5 Å². The maximum absolute atomic E-state index is 11.9. The summed E-state index contributed by atoms with van der Waals surface area (Å²) in [7, 11) is 1.31. The fourth-order valence-corrected chi connectivity index (χ4v) is 1.20. The summed E-state index contributed by atoms with van der Waals surface area (Å²) in [5, 5.41) is 8.75. The Morgan fingerprint density at radius 3 is 2.50 bits per heavy atom. The molecule has 0 bridgehead atoms. The van der Waals surface area contributed by atoms with E-state index in [1.54, 1.807) is 0 Å². The summed E-state index contributed by atoms with van der Waals surface area (Å²) in [5.74, 6) is -1.04. The molecule has 0 amide bonds. The third kappa shape index (κ3) is 4.15. The molecular formula is C11H11F3O4. The zero-order valence-corrected chi connectivity index (χ0v) is 9.45. The Morgan fingerprint density at radius 2 is 2.00 bits per heavy atom. The molecule has 0 spiro atoms. The van der Waals surface area contributed by atoms with Crippen molar-refractivity contribution < 1.29 is 32.5 Å². The van der Waals surface area contributed by atoms with Crippen LogP contribution in [-0.2, 0) is 0 Å². The Hall–Kier alpha value is -1.92. The fraction of sp³-hybridized carbons (Fsp3) is 0.364. The average molecular weight is 264 g/mol. The second-order valence-corrected chi connectivity index (χ2v) is 3.38. The summed E-state index contributed by atoms with van der Waals surface area (Å²) in [6, 6.07) is 3.72. The van der Waals surface area contributed by atoms with Crippen molar-refractivity contribution in [2.24, 2.45) is 0 Å². The van der Waals surface area contributed by atoms with Gasteiger partial charge in [-0.15, -0.1) is 0 Å². The molecule has 0 aliphatic carbocycles. The number of carboxylic acids is 1. The van der Waals surface area contributed by atoms with Crippen molar-refractivity contribution in [3.63, 3.8) is 0 Å². The molecular weight excluding hydrogens is 253 g/mol. The molecule has 4 nitrogen and oxygen atoms in total. The van der Waals surface area contributed by atoms with Gasteiger partial charge in [-0.3, -0.25) is 0 Å². The molecule has 0 atom stereocenters. The van der Waals surface area contributed by atoms with E-state index in [-0.39, 0.29) is 17.1 Å². The van der Waals surface area contributed by atoms with Crippen LogP contribution in [0, 0.1) is 0 Å². The van der Waals surface area contributed by atoms with Crippen molar-refractivity contribution in [2.75, 3.05) is 13.7 Å². The number of halogens is 3. The van der Waals surface area contributed by atoms with Crippen molar-refractivity contribution in [2.45, 2.75) is 12.6 Å². The van der Waals surface area contributed by atoms with E-state index in [2.05, 4.69) is 0 Å². The number of alkyl halides is 3. The summed E-state index contributed by atoms with van der Waals surface area (Å²) in [5.41, 5.74) is -0.0854. The number of aromatic carboxylic acids is 1. The number of hydrogen-bond acceptors (Lipinski definition) is 3. The van der Waals surface area contributed by atoms with Gasteiger partial charge in [0.25, 0.3) is 0 Å². The highest BCUT2D eigenvalue weighted by molar-refractivity contribution is 5.88. The molecule has 100 valence electrons. The van der Waals surface area contributed by atoms with Gasteiger partial charge in [-0.05, 0) is 18.2 Å². The monoisotopic (exact) mass is 264 g/mol. The lowest BCUT2D eigenvalue weighted by atomic mass is 10.2. The maximum atomic E-state index is 11.9. The van der Waals surface area contributed by atoms with E-state index in [1.807, 2.05) is 0 Å². The van der Waals surface area contributed by atoms with Crippen molar-refractivity contribution >= 4 is 5.97 Å². The van der Waals surface area contributed by atoms with Crippen LogP contribution in [0.15, 0.2) is 18.2 Å². The van der Waals surface area contributed by atoms with Crippen molar-refractivity contribution in [3.05, 3.63) is 23.8 Å². The first-order chi connectivity index (χ1) is 8.33. The van der Waals surface area contributed by atoms with E-state index < -0.39 is 25.2 Å². The molecule has 0 fully saturated rings. The van der Waals surface area contributed by atoms with Gasteiger partial charge in [-0.2, -0.15) is 13.2 Å². The lowest BCUT2D eigenvalue weighted by Gasteiger charge is -2.12. The lowest BCUT2D eigenvalue weighted by molar-refractivity contribution is -0.139. The third-order valence-corrected chi connectivity index (χ3v) is 2.05. The quantitative estimate of drug-likeness (QED) is 0.888. The van der Waals surface area contributed by atoms with Gasteiger partial charge in [0, 0.05) is 0 Å². The van der Waals surface area contributed by atoms with Crippen LogP contribution >= 0.6 is 0 Å². The number of rotatable bonds is 5. The van der Waals surface area contributed by atoms with Crippen LogP contribution in [0.3, 0.4) is 0 Å². The topological polar surface area (TPSA) is 55.8 Å². The van der Waals surface area contributed by atoms with Crippen molar-refractivity contribution in [1.29, 1.82) is 0 Å². The normalized spacial score (nSPS) is 11.1. The summed E-state index contributed by atoms with van der Waals surface area (Å²) in [6.45, 7) is -0.594. The Bertz CT molecular complexity index is 429. The molecule has 0 aliphatic rings. The smallest absolute Gasteiger partial charge is 0.392 e. The van der Waals surface area contributed by atoms with Gasteiger partial charge in [-0.25, -0.2) is 4.79 Å². The van der Waals surface area contributed by atoms with Crippen LogP contribution in [0.4, 0.5) is 13.2 Å². The minimum absolute atomic E-state index is 0.0262. The standard InChI is InChI=1S/C11H11F3O4/c1-17-8-3-2-7(10(15)16)6-9(8)18-5-4-11(12,13)14/h2-3,6H,4-5H2,1H3,(H,15,16). The highest BCUT2D eigenvalue weighted by Gasteiger charge is 2.27.